The lowest BCUT2D eigenvalue weighted by Crippen LogP contribution is -1.94. The van der Waals surface area contributed by atoms with E-state index in [1.54, 1.807) is 0 Å². The van der Waals surface area contributed by atoms with Crippen molar-refractivity contribution < 1.29 is 4.74 Å². The zero-order chi connectivity index (χ0) is 6.85. The molecule has 0 N–H and O–H groups in total. The molecule has 1 aliphatic heterocycles. The van der Waals surface area contributed by atoms with E-state index in [0.29, 0.717) is 18.1 Å². The molecule has 0 radical (unpaired) electrons. The molecule has 0 aliphatic carbocycles. The Labute approximate surface area is 60.7 Å². The Bertz CT molecular complexity index is 122. The molecule has 0 bridgehead atoms. The van der Waals surface area contributed by atoms with Crippen LogP contribution in [0.4, 0.5) is 0 Å². The van der Waals surface area contributed by atoms with Gasteiger partial charge in [0.05, 0.1) is 18.1 Å². The van der Waals surface area contributed by atoms with Crippen molar-refractivity contribution in [3.05, 3.63) is 12.2 Å². The van der Waals surface area contributed by atoms with Crippen LogP contribution in [0, 0.1) is 0 Å². The average Bonchev–Trinajstić information content (AvgIpc) is 2.45. The van der Waals surface area contributed by atoms with E-state index in [4.69, 9.17) is 16.3 Å². The van der Waals surface area contributed by atoms with Gasteiger partial charge < -0.3 is 4.74 Å². The van der Waals surface area contributed by atoms with Gasteiger partial charge in [-0.25, -0.2) is 0 Å². The topological polar surface area (TPSA) is 12.5 Å². The quantitative estimate of drug-likeness (QED) is 0.337. The fraction of sp³-hybridized carbons (Fsp3) is 0.714. The number of alkyl halides is 1. The zero-order valence-electron chi connectivity index (χ0n) is 5.56. The Hall–Kier alpha value is -0.0100. The predicted octanol–water partition coefficient (Wildman–Crippen LogP) is 1.96. The van der Waals surface area contributed by atoms with E-state index >= 15 is 0 Å². The maximum absolute atomic E-state index is 5.52. The van der Waals surface area contributed by atoms with Crippen LogP contribution < -0.4 is 0 Å². The summed E-state index contributed by atoms with van der Waals surface area (Å²) >= 11 is 5.52. The Kier molecular flexibility index (Phi) is 2.14. The smallest absolute Gasteiger partial charge is 0.0980 e. The maximum Gasteiger partial charge on any atom is 0.0980 e. The molecule has 0 aromatic rings. The third kappa shape index (κ3) is 1.99. The number of epoxide rings is 1. The minimum atomic E-state index is 0.309. The number of ether oxygens (including phenoxy) is 1. The Morgan fingerprint density at radius 1 is 1.67 bits per heavy atom. The molecule has 1 heterocycles. The molecule has 0 amide bonds. The first-order valence-electron chi connectivity index (χ1n) is 3.10. The van der Waals surface area contributed by atoms with E-state index in [0.717, 1.165) is 6.42 Å². The van der Waals surface area contributed by atoms with Crippen LogP contribution >= 0.6 is 11.6 Å². The summed E-state index contributed by atoms with van der Waals surface area (Å²) < 4.78 is 5.18. The van der Waals surface area contributed by atoms with E-state index in [2.05, 4.69) is 6.58 Å². The number of hydrogen-bond acceptors (Lipinski definition) is 1. The van der Waals surface area contributed by atoms with Crippen LogP contribution in [0.5, 0.6) is 0 Å². The largest absolute Gasteiger partial charge is 0.368 e. The summed E-state index contributed by atoms with van der Waals surface area (Å²) in [5, 5.41) is 0. The molecule has 0 aromatic carbocycles. The van der Waals surface area contributed by atoms with Gasteiger partial charge in [0.1, 0.15) is 0 Å². The van der Waals surface area contributed by atoms with Gasteiger partial charge in [0.2, 0.25) is 0 Å². The van der Waals surface area contributed by atoms with Crippen LogP contribution in [0.2, 0.25) is 0 Å². The second kappa shape index (κ2) is 2.72. The molecular weight excluding hydrogens is 136 g/mol. The summed E-state index contributed by atoms with van der Waals surface area (Å²) in [4.78, 5) is 0. The standard InChI is InChI=1S/C7H11ClO/c1-5(2)3-6-7(4-8)9-6/h6-7H,1,3-4H2,2H3/t6-,7+/m0/s1. The number of hydrogen-bond donors (Lipinski definition) is 0. The summed E-state index contributed by atoms with van der Waals surface area (Å²) in [7, 11) is 0. The number of halogens is 1. The zero-order valence-corrected chi connectivity index (χ0v) is 6.32. The molecule has 0 saturated carbocycles. The van der Waals surface area contributed by atoms with Crippen LogP contribution in [-0.2, 0) is 4.74 Å². The van der Waals surface area contributed by atoms with E-state index in [1.165, 1.54) is 5.57 Å². The van der Waals surface area contributed by atoms with E-state index in [1.807, 2.05) is 6.92 Å². The minimum absolute atomic E-state index is 0.309. The molecular formula is C7H11ClO. The monoisotopic (exact) mass is 146 g/mol. The van der Waals surface area contributed by atoms with Gasteiger partial charge in [-0.2, -0.15) is 0 Å². The van der Waals surface area contributed by atoms with Crippen molar-refractivity contribution in [1.82, 2.24) is 0 Å². The molecule has 1 rings (SSSR count). The molecule has 2 heteroatoms. The lowest BCUT2D eigenvalue weighted by atomic mass is 10.1. The van der Waals surface area contributed by atoms with Gasteiger partial charge in [-0.3, -0.25) is 0 Å². The fourth-order valence-electron chi connectivity index (χ4n) is 0.838. The Morgan fingerprint density at radius 2 is 2.33 bits per heavy atom. The highest BCUT2D eigenvalue weighted by molar-refractivity contribution is 6.18. The maximum atomic E-state index is 5.52. The highest BCUT2D eigenvalue weighted by Crippen LogP contribution is 2.28. The van der Waals surface area contributed by atoms with Crippen molar-refractivity contribution in [1.29, 1.82) is 0 Å². The molecule has 0 spiro atoms. The third-order valence-electron chi connectivity index (χ3n) is 1.39. The Morgan fingerprint density at radius 3 is 2.67 bits per heavy atom. The third-order valence-corrected chi connectivity index (χ3v) is 1.69. The predicted molar refractivity (Wildman–Crippen MR) is 38.8 cm³/mol. The fourth-order valence-corrected chi connectivity index (χ4v) is 1.11. The molecule has 2 atom stereocenters. The first-order chi connectivity index (χ1) is 4.24. The van der Waals surface area contributed by atoms with Crippen LogP contribution in [0.3, 0.4) is 0 Å². The molecule has 0 unspecified atom stereocenters. The van der Waals surface area contributed by atoms with Gasteiger partial charge in [-0.15, -0.1) is 18.2 Å². The molecule has 0 aromatic heterocycles. The van der Waals surface area contributed by atoms with Gasteiger partial charge in [0.15, 0.2) is 0 Å². The highest BCUT2D eigenvalue weighted by Gasteiger charge is 2.37. The lowest BCUT2D eigenvalue weighted by Gasteiger charge is -1.89. The second-order valence-corrected chi connectivity index (χ2v) is 2.84. The summed E-state index contributed by atoms with van der Waals surface area (Å²) in [6.45, 7) is 5.79. The van der Waals surface area contributed by atoms with E-state index in [-0.39, 0.29) is 0 Å². The first kappa shape index (κ1) is 7.10. The lowest BCUT2D eigenvalue weighted by molar-refractivity contribution is 0.379. The SMILES string of the molecule is C=C(C)C[C@@H]1O[C@@H]1CCl. The van der Waals surface area contributed by atoms with Crippen LogP contribution in [0.15, 0.2) is 12.2 Å². The van der Waals surface area contributed by atoms with Gasteiger partial charge in [0.25, 0.3) is 0 Å². The molecule has 52 valence electrons. The summed E-state index contributed by atoms with van der Waals surface area (Å²) in [5.41, 5.74) is 1.17. The molecule has 1 aliphatic rings. The normalized spacial score (nSPS) is 32.2. The summed E-state index contributed by atoms with van der Waals surface area (Å²) in [6, 6.07) is 0. The van der Waals surface area contributed by atoms with Crippen LogP contribution in [-0.4, -0.2) is 18.1 Å². The molecule has 9 heavy (non-hydrogen) atoms. The van der Waals surface area contributed by atoms with Crippen molar-refractivity contribution in [3.63, 3.8) is 0 Å². The van der Waals surface area contributed by atoms with E-state index in [9.17, 15) is 0 Å². The molecule has 1 nitrogen and oxygen atoms in total. The van der Waals surface area contributed by atoms with Crippen LogP contribution in [0.25, 0.3) is 0 Å². The first-order valence-corrected chi connectivity index (χ1v) is 3.63. The molecule has 1 saturated heterocycles. The van der Waals surface area contributed by atoms with Crippen molar-refractivity contribution in [3.8, 4) is 0 Å². The van der Waals surface area contributed by atoms with Crippen LogP contribution in [0.1, 0.15) is 13.3 Å². The van der Waals surface area contributed by atoms with Gasteiger partial charge >= 0.3 is 0 Å². The van der Waals surface area contributed by atoms with Crippen molar-refractivity contribution in [2.45, 2.75) is 25.6 Å². The highest BCUT2D eigenvalue weighted by atomic mass is 35.5. The summed E-state index contributed by atoms with van der Waals surface area (Å²) in [6.07, 6.45) is 1.65. The van der Waals surface area contributed by atoms with E-state index < -0.39 is 0 Å². The van der Waals surface area contributed by atoms with Gasteiger partial charge in [-0.1, -0.05) is 5.57 Å². The minimum Gasteiger partial charge on any atom is -0.368 e. The summed E-state index contributed by atoms with van der Waals surface area (Å²) in [5.74, 6) is 0.623. The van der Waals surface area contributed by atoms with Crippen molar-refractivity contribution >= 4 is 11.6 Å². The van der Waals surface area contributed by atoms with Gasteiger partial charge in [-0.05, 0) is 13.3 Å². The Balaban J connectivity index is 2.12. The van der Waals surface area contributed by atoms with Gasteiger partial charge in [0, 0.05) is 0 Å². The van der Waals surface area contributed by atoms with Crippen molar-refractivity contribution in [2.75, 3.05) is 5.88 Å². The average molecular weight is 147 g/mol. The molecule has 1 fully saturated rings. The van der Waals surface area contributed by atoms with Crippen molar-refractivity contribution in [2.24, 2.45) is 0 Å². The number of rotatable bonds is 3. The second-order valence-electron chi connectivity index (χ2n) is 2.53.